The highest BCUT2D eigenvalue weighted by atomic mass is 16.6. The smallest absolute Gasteiger partial charge is 0.260 e. The van der Waals surface area contributed by atoms with Crippen molar-refractivity contribution in [3.8, 4) is 17.2 Å². The molecule has 5 nitrogen and oxygen atoms in total. The Morgan fingerprint density at radius 3 is 2.58 bits per heavy atom. The molecule has 2 aromatic rings. The SMILES string of the molecule is CC(Oc1ccccc1C(C)C)C(=O)NCC1COc2ccccc2O1. The largest absolute Gasteiger partial charge is 0.486 e. The van der Waals surface area contributed by atoms with Gasteiger partial charge in [-0.25, -0.2) is 0 Å². The molecule has 0 radical (unpaired) electrons. The lowest BCUT2D eigenvalue weighted by Crippen LogP contribution is -2.44. The molecular formula is C21H25NO4. The normalized spacial score (nSPS) is 16.8. The van der Waals surface area contributed by atoms with E-state index in [1.165, 1.54) is 0 Å². The average molecular weight is 355 g/mol. The maximum absolute atomic E-state index is 12.4. The van der Waals surface area contributed by atoms with Gasteiger partial charge in [-0.05, 0) is 36.6 Å². The number of carbonyl (C=O) groups is 1. The van der Waals surface area contributed by atoms with Crippen molar-refractivity contribution in [3.05, 3.63) is 54.1 Å². The van der Waals surface area contributed by atoms with Crippen LogP contribution in [0.3, 0.4) is 0 Å². The van der Waals surface area contributed by atoms with Crippen LogP contribution in [0.15, 0.2) is 48.5 Å². The number of amides is 1. The van der Waals surface area contributed by atoms with Gasteiger partial charge in [0.1, 0.15) is 18.5 Å². The van der Waals surface area contributed by atoms with Crippen molar-refractivity contribution in [1.82, 2.24) is 5.32 Å². The summed E-state index contributed by atoms with van der Waals surface area (Å²) in [6.07, 6.45) is -0.810. The fraction of sp³-hybridized carbons (Fsp3) is 0.381. The molecule has 138 valence electrons. The summed E-state index contributed by atoms with van der Waals surface area (Å²) in [4.78, 5) is 12.4. The lowest BCUT2D eigenvalue weighted by molar-refractivity contribution is -0.127. The van der Waals surface area contributed by atoms with Crippen LogP contribution in [-0.2, 0) is 4.79 Å². The van der Waals surface area contributed by atoms with E-state index in [1.807, 2.05) is 48.5 Å². The number of fused-ring (bicyclic) bond motifs is 1. The minimum absolute atomic E-state index is 0.175. The minimum Gasteiger partial charge on any atom is -0.486 e. The van der Waals surface area contributed by atoms with Crippen LogP contribution in [0, 0.1) is 0 Å². The summed E-state index contributed by atoms with van der Waals surface area (Å²) >= 11 is 0. The Labute approximate surface area is 154 Å². The molecule has 26 heavy (non-hydrogen) atoms. The van der Waals surface area contributed by atoms with Crippen LogP contribution in [0.1, 0.15) is 32.3 Å². The Kier molecular flexibility index (Phi) is 5.66. The zero-order valence-electron chi connectivity index (χ0n) is 15.4. The van der Waals surface area contributed by atoms with Crippen molar-refractivity contribution >= 4 is 5.91 Å². The average Bonchev–Trinajstić information content (AvgIpc) is 2.66. The summed E-state index contributed by atoms with van der Waals surface area (Å²) in [5.41, 5.74) is 1.09. The maximum Gasteiger partial charge on any atom is 0.260 e. The molecule has 5 heteroatoms. The van der Waals surface area contributed by atoms with E-state index in [0.717, 1.165) is 17.1 Å². The fourth-order valence-electron chi connectivity index (χ4n) is 2.83. The third-order valence-electron chi connectivity index (χ3n) is 4.29. The van der Waals surface area contributed by atoms with Crippen molar-refractivity contribution in [2.45, 2.75) is 38.9 Å². The van der Waals surface area contributed by atoms with Gasteiger partial charge < -0.3 is 19.5 Å². The second-order valence-corrected chi connectivity index (χ2v) is 6.70. The first-order valence-electron chi connectivity index (χ1n) is 8.96. The van der Waals surface area contributed by atoms with Gasteiger partial charge in [0.25, 0.3) is 5.91 Å². The summed E-state index contributed by atoms with van der Waals surface area (Å²) in [6.45, 7) is 6.73. The van der Waals surface area contributed by atoms with Gasteiger partial charge in [-0.2, -0.15) is 0 Å². The molecule has 0 saturated heterocycles. The van der Waals surface area contributed by atoms with Crippen LogP contribution in [0.25, 0.3) is 0 Å². The Balaban J connectivity index is 1.53. The van der Waals surface area contributed by atoms with Gasteiger partial charge in [0.2, 0.25) is 0 Å². The van der Waals surface area contributed by atoms with Gasteiger partial charge in [-0.3, -0.25) is 4.79 Å². The molecule has 0 aliphatic carbocycles. The Morgan fingerprint density at radius 1 is 1.12 bits per heavy atom. The molecule has 2 aromatic carbocycles. The van der Waals surface area contributed by atoms with E-state index in [-0.39, 0.29) is 12.0 Å². The van der Waals surface area contributed by atoms with Crippen LogP contribution in [0.5, 0.6) is 17.2 Å². The van der Waals surface area contributed by atoms with Crippen LogP contribution in [0.4, 0.5) is 0 Å². The van der Waals surface area contributed by atoms with Gasteiger partial charge in [-0.15, -0.1) is 0 Å². The summed E-state index contributed by atoms with van der Waals surface area (Å²) in [6, 6.07) is 15.3. The molecule has 0 aromatic heterocycles. The van der Waals surface area contributed by atoms with Crippen molar-refractivity contribution < 1.29 is 19.0 Å². The quantitative estimate of drug-likeness (QED) is 0.861. The number of hydrogen-bond acceptors (Lipinski definition) is 4. The number of rotatable bonds is 6. The molecule has 1 heterocycles. The van der Waals surface area contributed by atoms with Crippen molar-refractivity contribution in [3.63, 3.8) is 0 Å². The van der Waals surface area contributed by atoms with Gasteiger partial charge in [0.15, 0.2) is 17.6 Å². The Bertz CT molecular complexity index is 759. The fourth-order valence-corrected chi connectivity index (χ4v) is 2.83. The lowest BCUT2D eigenvalue weighted by atomic mass is 10.0. The summed E-state index contributed by atoms with van der Waals surface area (Å²) < 4.78 is 17.4. The van der Waals surface area contributed by atoms with E-state index in [4.69, 9.17) is 14.2 Å². The highest BCUT2D eigenvalue weighted by Crippen LogP contribution is 2.30. The standard InChI is InChI=1S/C21H25NO4/c1-14(2)17-8-4-5-9-18(17)25-15(3)21(23)22-12-16-13-24-19-10-6-7-11-20(19)26-16/h4-11,14-16H,12-13H2,1-3H3,(H,22,23). The van der Waals surface area contributed by atoms with E-state index >= 15 is 0 Å². The number of hydrogen-bond donors (Lipinski definition) is 1. The molecule has 1 aliphatic rings. The highest BCUT2D eigenvalue weighted by Gasteiger charge is 2.23. The summed E-state index contributed by atoms with van der Waals surface area (Å²) in [5.74, 6) is 2.34. The molecule has 1 N–H and O–H groups in total. The number of benzene rings is 2. The lowest BCUT2D eigenvalue weighted by Gasteiger charge is -2.27. The predicted octanol–water partition coefficient (Wildman–Crippen LogP) is 3.53. The predicted molar refractivity (Wildman–Crippen MR) is 100.0 cm³/mol. The molecule has 0 fully saturated rings. The Hall–Kier alpha value is -2.69. The Morgan fingerprint density at radius 2 is 1.81 bits per heavy atom. The van der Waals surface area contributed by atoms with E-state index in [9.17, 15) is 4.79 Å². The number of carbonyl (C=O) groups excluding carboxylic acids is 1. The van der Waals surface area contributed by atoms with E-state index in [2.05, 4.69) is 19.2 Å². The van der Waals surface area contributed by atoms with Crippen LogP contribution in [0.2, 0.25) is 0 Å². The number of para-hydroxylation sites is 3. The summed E-state index contributed by atoms with van der Waals surface area (Å²) in [7, 11) is 0. The van der Waals surface area contributed by atoms with Crippen molar-refractivity contribution in [2.24, 2.45) is 0 Å². The zero-order valence-corrected chi connectivity index (χ0v) is 15.4. The molecule has 2 unspecified atom stereocenters. The molecule has 2 atom stereocenters. The number of nitrogens with one attached hydrogen (secondary N) is 1. The van der Waals surface area contributed by atoms with Crippen molar-refractivity contribution in [1.29, 1.82) is 0 Å². The minimum atomic E-state index is -0.591. The monoisotopic (exact) mass is 355 g/mol. The van der Waals surface area contributed by atoms with Crippen LogP contribution >= 0.6 is 0 Å². The molecule has 0 saturated carbocycles. The van der Waals surface area contributed by atoms with E-state index in [1.54, 1.807) is 6.92 Å². The highest BCUT2D eigenvalue weighted by molar-refractivity contribution is 5.80. The third kappa shape index (κ3) is 4.28. The first kappa shape index (κ1) is 18.1. The zero-order chi connectivity index (χ0) is 18.5. The molecule has 0 spiro atoms. The van der Waals surface area contributed by atoms with Gasteiger partial charge >= 0.3 is 0 Å². The molecule has 1 aliphatic heterocycles. The van der Waals surface area contributed by atoms with Crippen LogP contribution in [-0.4, -0.2) is 31.3 Å². The van der Waals surface area contributed by atoms with E-state index < -0.39 is 6.10 Å². The van der Waals surface area contributed by atoms with E-state index in [0.29, 0.717) is 24.8 Å². The van der Waals surface area contributed by atoms with Gasteiger partial charge in [0.05, 0.1) is 6.54 Å². The second-order valence-electron chi connectivity index (χ2n) is 6.70. The second kappa shape index (κ2) is 8.13. The third-order valence-corrected chi connectivity index (χ3v) is 4.29. The maximum atomic E-state index is 12.4. The molecular weight excluding hydrogens is 330 g/mol. The molecule has 0 bridgehead atoms. The first-order valence-corrected chi connectivity index (χ1v) is 8.96. The van der Waals surface area contributed by atoms with Gasteiger partial charge in [0, 0.05) is 0 Å². The molecule has 3 rings (SSSR count). The first-order chi connectivity index (χ1) is 12.5. The topological polar surface area (TPSA) is 56.8 Å². The number of ether oxygens (including phenoxy) is 3. The van der Waals surface area contributed by atoms with Crippen molar-refractivity contribution in [2.75, 3.05) is 13.2 Å². The van der Waals surface area contributed by atoms with Gasteiger partial charge in [-0.1, -0.05) is 44.2 Å². The van der Waals surface area contributed by atoms with Crippen LogP contribution < -0.4 is 19.5 Å². The molecule has 1 amide bonds. The summed E-state index contributed by atoms with van der Waals surface area (Å²) in [5, 5.41) is 2.88.